The number of anilines is 1. The monoisotopic (exact) mass is 432 g/mol. The van der Waals surface area contributed by atoms with E-state index in [0.717, 1.165) is 12.8 Å². The van der Waals surface area contributed by atoms with Crippen LogP contribution in [0.4, 0.5) is 5.82 Å². The van der Waals surface area contributed by atoms with Crippen LogP contribution in [0.25, 0.3) is 11.2 Å². The predicted octanol–water partition coefficient (Wildman–Crippen LogP) is -0.412. The number of carbonyl (C=O) groups excluding carboxylic acids is 1. The Bertz CT molecular complexity index is 999. The van der Waals surface area contributed by atoms with Crippen molar-refractivity contribution in [3.05, 3.63) is 12.2 Å². The smallest absolute Gasteiger partial charge is 0.217 e. The molecular formula is C20H28N6O5. The van der Waals surface area contributed by atoms with Gasteiger partial charge in [0.25, 0.3) is 0 Å². The molecule has 2 aromatic rings. The number of unbranched alkanes of at least 4 members (excludes halogenated alkanes) is 2. The lowest BCUT2D eigenvalue weighted by molar-refractivity contribution is -0.133. The standard InChI is InChI=1S/C20H28N6O5/c1-2-3-4-5-8-13-24-17(22)14-18(25-13)26(11-23-14)19-15(29)16(30)20(10-27,31-19)9-6-7-12(21)28/h11,15-16,19,27,29-30H,2-4,6-7,9-10H2,1H3,(H2,21,28)(H2,22,24,25)/t15-,16+,19-,20-/m1/s1. The Morgan fingerprint density at radius 2 is 2.13 bits per heavy atom. The number of nitrogens with zero attached hydrogens (tertiary/aromatic N) is 4. The van der Waals surface area contributed by atoms with E-state index in [-0.39, 0.29) is 36.6 Å². The van der Waals surface area contributed by atoms with Crippen molar-refractivity contribution in [2.45, 2.75) is 69.5 Å². The van der Waals surface area contributed by atoms with Crippen molar-refractivity contribution in [3.63, 3.8) is 0 Å². The molecule has 0 bridgehead atoms. The molecule has 1 aliphatic rings. The van der Waals surface area contributed by atoms with Crippen molar-refractivity contribution >= 4 is 22.9 Å². The Morgan fingerprint density at radius 1 is 1.35 bits per heavy atom. The van der Waals surface area contributed by atoms with Crippen molar-refractivity contribution in [1.29, 1.82) is 0 Å². The summed E-state index contributed by atoms with van der Waals surface area (Å²) >= 11 is 0. The number of aliphatic hydroxyl groups is 3. The van der Waals surface area contributed by atoms with Gasteiger partial charge in [0.15, 0.2) is 17.7 Å². The van der Waals surface area contributed by atoms with E-state index in [2.05, 4.69) is 33.7 Å². The van der Waals surface area contributed by atoms with Gasteiger partial charge < -0.3 is 31.5 Å². The van der Waals surface area contributed by atoms with Crippen molar-refractivity contribution in [2.75, 3.05) is 12.3 Å². The van der Waals surface area contributed by atoms with Gasteiger partial charge in [0.1, 0.15) is 23.3 Å². The second-order valence-corrected chi connectivity index (χ2v) is 7.65. The summed E-state index contributed by atoms with van der Waals surface area (Å²) in [6.45, 7) is 1.51. The number of amides is 1. The van der Waals surface area contributed by atoms with E-state index in [1.54, 1.807) is 0 Å². The van der Waals surface area contributed by atoms with Gasteiger partial charge in [-0.3, -0.25) is 9.36 Å². The Labute approximate surface area is 179 Å². The molecule has 0 saturated carbocycles. The fourth-order valence-electron chi connectivity index (χ4n) is 3.63. The Balaban J connectivity index is 1.92. The zero-order chi connectivity index (χ0) is 22.6. The Morgan fingerprint density at radius 3 is 2.81 bits per heavy atom. The molecule has 0 aliphatic carbocycles. The number of hydrogen-bond donors (Lipinski definition) is 5. The Kier molecular flexibility index (Phi) is 7.07. The van der Waals surface area contributed by atoms with Crippen LogP contribution in [-0.4, -0.2) is 65.2 Å². The van der Waals surface area contributed by atoms with Gasteiger partial charge in [0, 0.05) is 12.8 Å². The minimum Gasteiger partial charge on any atom is -0.393 e. The fraction of sp³-hybridized carbons (Fsp3) is 0.600. The number of aliphatic hydroxyl groups excluding tert-OH is 3. The van der Waals surface area contributed by atoms with Crippen LogP contribution in [0.1, 0.15) is 57.5 Å². The molecule has 0 radical (unpaired) electrons. The topological polar surface area (TPSA) is 183 Å². The summed E-state index contributed by atoms with van der Waals surface area (Å²) in [5.74, 6) is 5.71. The lowest BCUT2D eigenvalue weighted by Gasteiger charge is -2.29. The molecule has 3 heterocycles. The normalized spacial score (nSPS) is 25.5. The second-order valence-electron chi connectivity index (χ2n) is 7.65. The van der Waals surface area contributed by atoms with E-state index in [1.165, 1.54) is 10.9 Å². The van der Waals surface area contributed by atoms with E-state index in [4.69, 9.17) is 16.2 Å². The fourth-order valence-corrected chi connectivity index (χ4v) is 3.63. The van der Waals surface area contributed by atoms with Crippen LogP contribution in [0.5, 0.6) is 0 Å². The summed E-state index contributed by atoms with van der Waals surface area (Å²) in [6, 6.07) is 0. The van der Waals surface area contributed by atoms with Gasteiger partial charge in [-0.15, -0.1) is 0 Å². The maximum absolute atomic E-state index is 11.0. The number of primary amides is 1. The van der Waals surface area contributed by atoms with Gasteiger partial charge in [0.05, 0.1) is 12.9 Å². The van der Waals surface area contributed by atoms with E-state index in [1.807, 2.05) is 0 Å². The van der Waals surface area contributed by atoms with Crippen molar-refractivity contribution in [3.8, 4) is 11.8 Å². The van der Waals surface area contributed by atoms with Gasteiger partial charge in [-0.1, -0.05) is 19.3 Å². The first kappa shape index (κ1) is 22.9. The number of imidazole rings is 1. The predicted molar refractivity (Wildman–Crippen MR) is 111 cm³/mol. The molecule has 1 fully saturated rings. The zero-order valence-electron chi connectivity index (χ0n) is 17.4. The number of nitrogens with two attached hydrogens (primary N) is 2. The average molecular weight is 432 g/mol. The third-order valence-electron chi connectivity index (χ3n) is 5.38. The molecule has 0 spiro atoms. The highest BCUT2D eigenvalue weighted by Crippen LogP contribution is 2.41. The molecule has 0 unspecified atom stereocenters. The number of hydrogen-bond acceptors (Lipinski definition) is 9. The molecule has 2 aromatic heterocycles. The minimum absolute atomic E-state index is 0.0659. The van der Waals surface area contributed by atoms with Crippen LogP contribution in [-0.2, 0) is 9.53 Å². The lowest BCUT2D eigenvalue weighted by Crippen LogP contribution is -2.46. The number of carbonyl (C=O) groups is 1. The first-order chi connectivity index (χ1) is 14.8. The molecule has 3 rings (SSSR count). The molecule has 7 N–H and O–H groups in total. The molecule has 11 heteroatoms. The first-order valence-corrected chi connectivity index (χ1v) is 10.2. The summed E-state index contributed by atoms with van der Waals surface area (Å²) in [7, 11) is 0. The molecule has 1 saturated heterocycles. The third kappa shape index (κ3) is 4.62. The largest absolute Gasteiger partial charge is 0.393 e. The highest BCUT2D eigenvalue weighted by atomic mass is 16.6. The quantitative estimate of drug-likeness (QED) is 0.273. The number of nitrogen functional groups attached to an aromatic ring is 1. The summed E-state index contributed by atoms with van der Waals surface area (Å²) in [5.41, 5.74) is 10.3. The van der Waals surface area contributed by atoms with E-state index in [0.29, 0.717) is 11.9 Å². The van der Waals surface area contributed by atoms with Gasteiger partial charge in [-0.25, -0.2) is 15.0 Å². The maximum atomic E-state index is 11.0. The van der Waals surface area contributed by atoms with E-state index < -0.39 is 36.6 Å². The molecular weight excluding hydrogens is 404 g/mol. The summed E-state index contributed by atoms with van der Waals surface area (Å²) in [4.78, 5) is 23.8. The average Bonchev–Trinajstić information content (AvgIpc) is 3.26. The van der Waals surface area contributed by atoms with Crippen LogP contribution in [0.15, 0.2) is 6.33 Å². The van der Waals surface area contributed by atoms with Crippen molar-refractivity contribution in [1.82, 2.24) is 19.5 Å². The molecule has 1 amide bonds. The number of aromatic nitrogens is 4. The van der Waals surface area contributed by atoms with Crippen LogP contribution >= 0.6 is 0 Å². The maximum Gasteiger partial charge on any atom is 0.217 e. The SMILES string of the molecule is CCCCC#Cc1nc(N)c2ncn([C@@H]3O[C@@](CO)(CCCC(N)=O)[C@@H](O)[C@H]3O)c2n1. The molecule has 0 aromatic carbocycles. The Hall–Kier alpha value is -2.78. The number of fused-ring (bicyclic) bond motifs is 1. The van der Waals surface area contributed by atoms with Gasteiger partial charge >= 0.3 is 0 Å². The van der Waals surface area contributed by atoms with Crippen LogP contribution in [0, 0.1) is 11.8 Å². The van der Waals surface area contributed by atoms with E-state index in [9.17, 15) is 20.1 Å². The van der Waals surface area contributed by atoms with Gasteiger partial charge in [-0.05, 0) is 25.2 Å². The molecule has 11 nitrogen and oxygen atoms in total. The number of rotatable bonds is 8. The summed E-state index contributed by atoms with van der Waals surface area (Å²) in [5, 5.41) is 31.2. The first-order valence-electron chi connectivity index (χ1n) is 10.2. The number of ether oxygens (including phenoxy) is 1. The van der Waals surface area contributed by atoms with Gasteiger partial charge in [-0.2, -0.15) is 0 Å². The molecule has 31 heavy (non-hydrogen) atoms. The second kappa shape index (κ2) is 9.57. The lowest BCUT2D eigenvalue weighted by atomic mass is 9.90. The van der Waals surface area contributed by atoms with E-state index >= 15 is 0 Å². The zero-order valence-corrected chi connectivity index (χ0v) is 17.4. The third-order valence-corrected chi connectivity index (χ3v) is 5.38. The summed E-state index contributed by atoms with van der Waals surface area (Å²) < 4.78 is 7.37. The highest BCUT2D eigenvalue weighted by molar-refractivity contribution is 5.82. The van der Waals surface area contributed by atoms with Crippen LogP contribution in [0.3, 0.4) is 0 Å². The highest BCUT2D eigenvalue weighted by Gasteiger charge is 2.54. The molecule has 4 atom stereocenters. The molecule has 1 aliphatic heterocycles. The van der Waals surface area contributed by atoms with Crippen molar-refractivity contribution < 1.29 is 24.9 Å². The van der Waals surface area contributed by atoms with Gasteiger partial charge in [0.2, 0.25) is 11.7 Å². The van der Waals surface area contributed by atoms with Crippen LogP contribution in [0.2, 0.25) is 0 Å². The van der Waals surface area contributed by atoms with Crippen LogP contribution < -0.4 is 11.5 Å². The summed E-state index contributed by atoms with van der Waals surface area (Å²) in [6.07, 6.45) is 0.666. The molecule has 168 valence electrons. The minimum atomic E-state index is -1.46. The van der Waals surface area contributed by atoms with Crippen molar-refractivity contribution in [2.24, 2.45) is 5.73 Å².